The zero-order valence-electron chi connectivity index (χ0n) is 19.3. The number of benzene rings is 2. The Kier molecular flexibility index (Phi) is 5.90. The van der Waals surface area contributed by atoms with Crippen molar-refractivity contribution in [1.82, 2.24) is 30.0 Å². The van der Waals surface area contributed by atoms with Crippen LogP contribution in [0.2, 0.25) is 0 Å². The Balaban J connectivity index is 1.36. The summed E-state index contributed by atoms with van der Waals surface area (Å²) >= 11 is 0. The molecule has 1 atom stereocenters. The molecule has 5 aromatic rings. The molecule has 2 N–H and O–H groups in total. The van der Waals surface area contributed by atoms with Gasteiger partial charge in [-0.25, -0.2) is 19.2 Å². The molecule has 0 radical (unpaired) electrons. The second-order valence-electron chi connectivity index (χ2n) is 8.11. The molecule has 37 heavy (non-hydrogen) atoms. The molecule has 0 unspecified atom stereocenters. The number of rotatable bonds is 5. The van der Waals surface area contributed by atoms with Crippen LogP contribution < -0.4 is 14.8 Å². The molecule has 0 bridgehead atoms. The fourth-order valence-corrected chi connectivity index (χ4v) is 3.85. The summed E-state index contributed by atoms with van der Waals surface area (Å²) in [6.07, 6.45) is -2.79. The number of amides is 1. The maximum absolute atomic E-state index is 13.7. The molecule has 0 saturated heterocycles. The van der Waals surface area contributed by atoms with Crippen molar-refractivity contribution in [3.8, 4) is 22.9 Å². The summed E-state index contributed by atoms with van der Waals surface area (Å²) in [7, 11) is 1.68. The normalized spacial score (nSPS) is 12.6. The van der Waals surface area contributed by atoms with E-state index in [-0.39, 0.29) is 11.3 Å². The van der Waals surface area contributed by atoms with E-state index in [1.54, 1.807) is 26.1 Å². The first-order valence-corrected chi connectivity index (χ1v) is 10.9. The number of carbonyl (C=O) groups is 1. The average molecular weight is 514 g/mol. The lowest BCUT2D eigenvalue weighted by atomic mass is 10.1. The maximum atomic E-state index is 13.7. The minimum Gasteiger partial charge on any atom is -0.406 e. The third-order valence-electron chi connectivity index (χ3n) is 5.53. The summed E-state index contributed by atoms with van der Waals surface area (Å²) in [4.78, 5) is 24.3. The minimum atomic E-state index is -4.83. The van der Waals surface area contributed by atoms with Crippen molar-refractivity contribution in [3.05, 3.63) is 66.2 Å². The van der Waals surface area contributed by atoms with Crippen molar-refractivity contribution >= 4 is 28.2 Å². The summed E-state index contributed by atoms with van der Waals surface area (Å²) in [5.74, 6) is -0.726. The van der Waals surface area contributed by atoms with Crippen LogP contribution in [0.3, 0.4) is 0 Å². The number of H-pyrrole nitrogens is 1. The zero-order valence-corrected chi connectivity index (χ0v) is 19.3. The van der Waals surface area contributed by atoms with Crippen molar-refractivity contribution < 1.29 is 31.8 Å². The first kappa shape index (κ1) is 24.0. The van der Waals surface area contributed by atoms with Crippen molar-refractivity contribution in [2.45, 2.75) is 19.3 Å². The Bertz CT molecular complexity index is 1630. The number of hydrogen-bond donors (Lipinski definition) is 2. The summed E-state index contributed by atoms with van der Waals surface area (Å²) in [6, 6.07) is 8.83. The number of aromatic amines is 1. The van der Waals surface area contributed by atoms with E-state index in [2.05, 4.69) is 30.1 Å². The van der Waals surface area contributed by atoms with Gasteiger partial charge in [-0.15, -0.1) is 13.2 Å². The number of hydrogen-bond acceptors (Lipinski definition) is 6. The number of aryl methyl sites for hydroxylation is 1. The third kappa shape index (κ3) is 5.01. The van der Waals surface area contributed by atoms with E-state index >= 15 is 0 Å². The van der Waals surface area contributed by atoms with Gasteiger partial charge in [-0.05, 0) is 42.8 Å². The number of ether oxygens (including phenoxy) is 2. The van der Waals surface area contributed by atoms with Crippen LogP contribution >= 0.6 is 0 Å². The van der Waals surface area contributed by atoms with Crippen LogP contribution in [-0.2, 0) is 7.05 Å². The molecule has 5 rings (SSSR count). The highest BCUT2D eigenvalue weighted by Crippen LogP contribution is 2.30. The molecule has 0 spiro atoms. The van der Waals surface area contributed by atoms with Gasteiger partial charge in [0.1, 0.15) is 23.0 Å². The van der Waals surface area contributed by atoms with Crippen molar-refractivity contribution in [3.63, 3.8) is 0 Å². The first-order chi connectivity index (χ1) is 17.6. The van der Waals surface area contributed by atoms with Gasteiger partial charge < -0.3 is 19.8 Å². The van der Waals surface area contributed by atoms with Gasteiger partial charge in [0, 0.05) is 18.6 Å². The van der Waals surface area contributed by atoms with Crippen LogP contribution in [-0.4, -0.2) is 37.2 Å². The predicted octanol–water partition coefficient (Wildman–Crippen LogP) is 5.40. The molecule has 0 aliphatic rings. The predicted molar refractivity (Wildman–Crippen MR) is 124 cm³/mol. The zero-order chi connectivity index (χ0) is 26.3. The average Bonchev–Trinajstić information content (AvgIpc) is 3.38. The van der Waals surface area contributed by atoms with Crippen LogP contribution in [0.5, 0.6) is 11.5 Å². The molecule has 190 valence electrons. The van der Waals surface area contributed by atoms with E-state index in [9.17, 15) is 22.4 Å². The lowest BCUT2D eigenvalue weighted by Gasteiger charge is -2.15. The molecule has 0 saturated carbocycles. The summed E-state index contributed by atoms with van der Waals surface area (Å²) in [5.41, 5.74) is 2.39. The van der Waals surface area contributed by atoms with Gasteiger partial charge >= 0.3 is 12.5 Å². The smallest absolute Gasteiger partial charge is 0.406 e. The summed E-state index contributed by atoms with van der Waals surface area (Å²) < 4.78 is 62.0. The molecule has 0 aliphatic heterocycles. The van der Waals surface area contributed by atoms with Crippen LogP contribution in [0.25, 0.3) is 33.5 Å². The van der Waals surface area contributed by atoms with Gasteiger partial charge in [0.05, 0.1) is 17.8 Å². The Morgan fingerprint density at radius 3 is 2.78 bits per heavy atom. The van der Waals surface area contributed by atoms with E-state index in [1.807, 2.05) is 0 Å². The Morgan fingerprint density at radius 2 is 2.00 bits per heavy atom. The number of nitrogens with zero attached hydrogens (tertiary/aromatic N) is 4. The summed E-state index contributed by atoms with van der Waals surface area (Å²) in [6.45, 7) is 1.58. The highest BCUT2D eigenvalue weighted by molar-refractivity contribution is 5.93. The Labute approximate surface area is 206 Å². The fraction of sp³-hybridized carbons (Fsp3) is 0.167. The van der Waals surface area contributed by atoms with Crippen molar-refractivity contribution in [2.75, 3.05) is 0 Å². The molecule has 0 fully saturated rings. The Hall–Kier alpha value is -4.68. The van der Waals surface area contributed by atoms with Crippen LogP contribution in [0.1, 0.15) is 18.5 Å². The van der Waals surface area contributed by atoms with Gasteiger partial charge in [0.2, 0.25) is 0 Å². The monoisotopic (exact) mass is 514 g/mol. The van der Waals surface area contributed by atoms with Gasteiger partial charge in [-0.3, -0.25) is 4.68 Å². The number of halogens is 4. The molecule has 13 heteroatoms. The second-order valence-corrected chi connectivity index (χ2v) is 8.11. The van der Waals surface area contributed by atoms with Gasteiger partial charge in [0.25, 0.3) is 0 Å². The Morgan fingerprint density at radius 1 is 1.19 bits per heavy atom. The largest absolute Gasteiger partial charge is 0.573 e. The van der Waals surface area contributed by atoms with Crippen LogP contribution in [0.4, 0.5) is 22.4 Å². The molecule has 3 aromatic heterocycles. The molecule has 3 heterocycles. The second kappa shape index (κ2) is 9.08. The molecule has 1 amide bonds. The van der Waals surface area contributed by atoms with Gasteiger partial charge in [-0.2, -0.15) is 5.10 Å². The van der Waals surface area contributed by atoms with E-state index in [1.165, 1.54) is 41.3 Å². The maximum Gasteiger partial charge on any atom is 0.573 e. The standard InChI is InChI=1S/C24H18F4N6O3/c1-12(13-4-3-5-15(8-13)37-24(26,27)28)31-23(35)36-19-11-30-22-21(19)32-17(10-29-22)20-16-7-6-14(25)9-18(16)34(2)33-20/h3-12H,1-2H3,(H,29,30)(H,31,35)/t12-/m1/s1. The van der Waals surface area contributed by atoms with Crippen molar-refractivity contribution in [2.24, 2.45) is 7.05 Å². The lowest BCUT2D eigenvalue weighted by molar-refractivity contribution is -0.274. The van der Waals surface area contributed by atoms with Crippen LogP contribution in [0, 0.1) is 5.82 Å². The number of aromatic nitrogens is 5. The number of carbonyl (C=O) groups excluding carboxylic acids is 1. The molecule has 2 aromatic carbocycles. The van der Waals surface area contributed by atoms with Gasteiger partial charge in [0.15, 0.2) is 16.9 Å². The van der Waals surface area contributed by atoms with E-state index < -0.39 is 30.1 Å². The fourth-order valence-electron chi connectivity index (χ4n) is 3.85. The molecule has 9 nitrogen and oxygen atoms in total. The van der Waals surface area contributed by atoms with Crippen LogP contribution in [0.15, 0.2) is 54.9 Å². The third-order valence-corrected chi connectivity index (χ3v) is 5.53. The number of nitrogens with one attached hydrogen (secondary N) is 2. The topological polar surface area (TPSA) is 107 Å². The molecular formula is C24H18F4N6O3. The van der Waals surface area contributed by atoms with Crippen molar-refractivity contribution in [1.29, 1.82) is 0 Å². The van der Waals surface area contributed by atoms with E-state index in [0.717, 1.165) is 6.07 Å². The first-order valence-electron chi connectivity index (χ1n) is 10.9. The summed E-state index contributed by atoms with van der Waals surface area (Å²) in [5, 5.41) is 7.64. The lowest BCUT2D eigenvalue weighted by Crippen LogP contribution is -2.29. The van der Waals surface area contributed by atoms with E-state index in [4.69, 9.17) is 4.74 Å². The SMILES string of the molecule is C[C@@H](NC(=O)Oc1c[nH]c2ncc(-c3nn(C)c4cc(F)ccc34)nc12)c1cccc(OC(F)(F)F)c1. The molecule has 0 aliphatic carbocycles. The molecular weight excluding hydrogens is 496 g/mol. The highest BCUT2D eigenvalue weighted by Gasteiger charge is 2.31. The highest BCUT2D eigenvalue weighted by atomic mass is 19.4. The minimum absolute atomic E-state index is 0.0782. The number of alkyl halides is 3. The number of fused-ring (bicyclic) bond motifs is 2. The van der Waals surface area contributed by atoms with Gasteiger partial charge in [-0.1, -0.05) is 12.1 Å². The quantitative estimate of drug-likeness (QED) is 0.304. The van der Waals surface area contributed by atoms with E-state index in [0.29, 0.717) is 33.5 Å².